The normalized spacial score (nSPS) is 15.3. The molecule has 1 atom stereocenters. The Morgan fingerprint density at radius 1 is 1.07 bits per heavy atom. The fourth-order valence-corrected chi connectivity index (χ4v) is 5.03. The minimum absolute atomic E-state index is 0.0681. The van der Waals surface area contributed by atoms with Gasteiger partial charge in [0.15, 0.2) is 0 Å². The summed E-state index contributed by atoms with van der Waals surface area (Å²) in [4.78, 5) is 46.8. The Bertz CT molecular complexity index is 1600. The number of H-pyrrole nitrogens is 2. The zero-order valence-corrected chi connectivity index (χ0v) is 23.2. The van der Waals surface area contributed by atoms with E-state index in [0.717, 1.165) is 6.42 Å². The van der Waals surface area contributed by atoms with Crippen molar-refractivity contribution < 1.29 is 19.1 Å². The van der Waals surface area contributed by atoms with Gasteiger partial charge in [0.1, 0.15) is 22.8 Å². The fourth-order valence-electron chi connectivity index (χ4n) is 5.03. The Morgan fingerprint density at radius 2 is 1.80 bits per heavy atom. The molecule has 208 valence electrons. The summed E-state index contributed by atoms with van der Waals surface area (Å²) < 4.78 is 11.7. The monoisotopic (exact) mass is 542 g/mol. The van der Waals surface area contributed by atoms with E-state index in [1.54, 1.807) is 11.1 Å². The number of likely N-dealkylation sites (tertiary alicyclic amines) is 1. The van der Waals surface area contributed by atoms with Crippen LogP contribution >= 0.6 is 0 Å². The third-order valence-corrected chi connectivity index (χ3v) is 6.91. The summed E-state index contributed by atoms with van der Waals surface area (Å²) in [7, 11) is 0. The lowest BCUT2D eigenvalue weighted by atomic mass is 9.97. The van der Waals surface area contributed by atoms with Crippen LogP contribution < -0.4 is 15.6 Å². The quantitative estimate of drug-likeness (QED) is 0.293. The third kappa shape index (κ3) is 5.73. The maximum atomic E-state index is 13.6. The Balaban J connectivity index is 1.44. The molecule has 1 saturated heterocycles. The summed E-state index contributed by atoms with van der Waals surface area (Å²) >= 11 is 0. The number of aromatic nitrogens is 2. The number of amides is 2. The van der Waals surface area contributed by atoms with Crippen molar-refractivity contribution in [1.82, 2.24) is 20.2 Å². The van der Waals surface area contributed by atoms with Crippen LogP contribution in [0.2, 0.25) is 0 Å². The summed E-state index contributed by atoms with van der Waals surface area (Å²) in [6, 6.07) is 16.8. The molecular weight excluding hydrogens is 508 g/mol. The molecule has 3 heterocycles. The number of ether oxygens (including phenoxy) is 2. The highest BCUT2D eigenvalue weighted by atomic mass is 16.6. The standard InChI is InChI=1S/C31H34N4O5/c1-19-25-23(17-32-19)26(22-12-8-9-13-24(22)39-21-10-6-5-7-11-21)27(34-28(25)36)29(37)33-16-20-14-15-35(18-20)30(38)40-31(2,3)4/h5-13,17,20,32H,14-16,18H2,1-4H3,(H,33,37)(H,34,36)/t20-/m1/s1. The van der Waals surface area contributed by atoms with Gasteiger partial charge in [0.05, 0.1) is 5.39 Å². The second-order valence-corrected chi connectivity index (χ2v) is 11.1. The van der Waals surface area contributed by atoms with E-state index in [-0.39, 0.29) is 23.3 Å². The first-order valence-electron chi connectivity index (χ1n) is 13.4. The van der Waals surface area contributed by atoms with Gasteiger partial charge in [0.25, 0.3) is 11.5 Å². The predicted molar refractivity (Wildman–Crippen MR) is 154 cm³/mol. The SMILES string of the molecule is Cc1[nH]cc2c(-c3ccccc3Oc3ccccc3)c(C(=O)NC[C@H]3CCN(C(=O)OC(C)(C)C)C3)[nH]c(=O)c12. The van der Waals surface area contributed by atoms with Crippen LogP contribution in [0.5, 0.6) is 11.5 Å². The van der Waals surface area contributed by atoms with Crippen molar-refractivity contribution in [2.45, 2.75) is 39.7 Å². The van der Waals surface area contributed by atoms with E-state index < -0.39 is 11.5 Å². The molecule has 1 aliphatic heterocycles. The highest BCUT2D eigenvalue weighted by molar-refractivity contribution is 6.09. The summed E-state index contributed by atoms with van der Waals surface area (Å²) in [5, 5.41) is 4.11. The first-order valence-corrected chi connectivity index (χ1v) is 13.4. The molecule has 1 fully saturated rings. The molecular formula is C31H34N4O5. The molecule has 40 heavy (non-hydrogen) atoms. The van der Waals surface area contributed by atoms with Gasteiger partial charge in [-0.25, -0.2) is 4.79 Å². The molecule has 2 aromatic heterocycles. The number of rotatable bonds is 6. The van der Waals surface area contributed by atoms with Crippen molar-refractivity contribution in [3.05, 3.63) is 82.5 Å². The van der Waals surface area contributed by atoms with Gasteiger partial charge in [-0.3, -0.25) is 9.59 Å². The number of para-hydroxylation sites is 2. The number of nitrogens with zero attached hydrogens (tertiary/aromatic N) is 1. The topological polar surface area (TPSA) is 117 Å². The van der Waals surface area contributed by atoms with Crippen LogP contribution in [-0.2, 0) is 4.74 Å². The van der Waals surface area contributed by atoms with Gasteiger partial charge in [-0.15, -0.1) is 0 Å². The average Bonchev–Trinajstić information content (AvgIpc) is 3.55. The lowest BCUT2D eigenvalue weighted by molar-refractivity contribution is 0.0288. The number of aryl methyl sites for hydroxylation is 1. The molecule has 4 aromatic rings. The zero-order chi connectivity index (χ0) is 28.4. The molecule has 3 N–H and O–H groups in total. The van der Waals surface area contributed by atoms with E-state index >= 15 is 0 Å². The number of pyridine rings is 1. The largest absolute Gasteiger partial charge is 0.457 e. The molecule has 2 aromatic carbocycles. The minimum Gasteiger partial charge on any atom is -0.457 e. The van der Waals surface area contributed by atoms with Gasteiger partial charge in [-0.05, 0) is 58.2 Å². The molecule has 2 amide bonds. The van der Waals surface area contributed by atoms with Gasteiger partial charge >= 0.3 is 6.09 Å². The summed E-state index contributed by atoms with van der Waals surface area (Å²) in [5.74, 6) is 0.873. The molecule has 0 radical (unpaired) electrons. The van der Waals surface area contributed by atoms with E-state index in [1.165, 1.54) is 0 Å². The highest BCUT2D eigenvalue weighted by Gasteiger charge is 2.30. The van der Waals surface area contributed by atoms with Gasteiger partial charge in [-0.1, -0.05) is 36.4 Å². The van der Waals surface area contributed by atoms with Crippen LogP contribution in [0.15, 0.2) is 65.6 Å². The highest BCUT2D eigenvalue weighted by Crippen LogP contribution is 2.38. The van der Waals surface area contributed by atoms with Crippen LogP contribution in [0.1, 0.15) is 43.4 Å². The van der Waals surface area contributed by atoms with Gasteiger partial charge in [0.2, 0.25) is 0 Å². The van der Waals surface area contributed by atoms with Crippen molar-refractivity contribution in [2.24, 2.45) is 5.92 Å². The summed E-state index contributed by atoms with van der Waals surface area (Å²) in [6.07, 6.45) is 2.14. The molecule has 9 heteroatoms. The van der Waals surface area contributed by atoms with Crippen LogP contribution in [0.3, 0.4) is 0 Å². The van der Waals surface area contributed by atoms with Crippen molar-refractivity contribution in [1.29, 1.82) is 0 Å². The van der Waals surface area contributed by atoms with Crippen LogP contribution in [0.25, 0.3) is 21.9 Å². The Hall–Kier alpha value is -4.53. The first kappa shape index (κ1) is 27.1. The van der Waals surface area contributed by atoms with Crippen LogP contribution in [0, 0.1) is 12.8 Å². The van der Waals surface area contributed by atoms with Crippen molar-refractivity contribution in [3.63, 3.8) is 0 Å². The zero-order valence-electron chi connectivity index (χ0n) is 23.2. The number of benzene rings is 2. The van der Waals surface area contributed by atoms with E-state index in [4.69, 9.17) is 9.47 Å². The molecule has 0 spiro atoms. The lowest BCUT2D eigenvalue weighted by Crippen LogP contribution is -2.37. The Kier molecular flexibility index (Phi) is 7.38. The third-order valence-electron chi connectivity index (χ3n) is 6.91. The lowest BCUT2D eigenvalue weighted by Gasteiger charge is -2.24. The molecule has 0 saturated carbocycles. The Morgan fingerprint density at radius 3 is 2.55 bits per heavy atom. The van der Waals surface area contributed by atoms with Gasteiger partial charge in [-0.2, -0.15) is 0 Å². The van der Waals surface area contributed by atoms with Gasteiger partial charge in [0, 0.05) is 48.0 Å². The number of nitrogens with one attached hydrogen (secondary N) is 3. The maximum Gasteiger partial charge on any atom is 0.410 e. The average molecular weight is 543 g/mol. The molecule has 0 unspecified atom stereocenters. The van der Waals surface area contributed by atoms with Crippen molar-refractivity contribution in [2.75, 3.05) is 19.6 Å². The van der Waals surface area contributed by atoms with Crippen molar-refractivity contribution in [3.8, 4) is 22.6 Å². The predicted octanol–water partition coefficient (Wildman–Crippen LogP) is 5.61. The smallest absolute Gasteiger partial charge is 0.410 e. The minimum atomic E-state index is -0.568. The Labute approximate surface area is 232 Å². The molecule has 5 rings (SSSR count). The van der Waals surface area contributed by atoms with E-state index in [9.17, 15) is 14.4 Å². The van der Waals surface area contributed by atoms with Gasteiger partial charge < -0.3 is 29.7 Å². The molecule has 0 aliphatic carbocycles. The molecule has 1 aliphatic rings. The van der Waals surface area contributed by atoms with E-state index in [0.29, 0.717) is 58.7 Å². The second-order valence-electron chi connectivity index (χ2n) is 11.1. The van der Waals surface area contributed by atoms with Crippen LogP contribution in [-0.4, -0.2) is 52.1 Å². The van der Waals surface area contributed by atoms with E-state index in [2.05, 4.69) is 15.3 Å². The van der Waals surface area contributed by atoms with E-state index in [1.807, 2.05) is 82.3 Å². The van der Waals surface area contributed by atoms with Crippen molar-refractivity contribution >= 4 is 22.8 Å². The number of aromatic amines is 2. The number of hydrogen-bond acceptors (Lipinski definition) is 5. The fraction of sp³-hybridized carbons (Fsp3) is 0.323. The van der Waals surface area contributed by atoms with Crippen LogP contribution in [0.4, 0.5) is 4.79 Å². The number of hydrogen-bond donors (Lipinski definition) is 3. The number of carbonyl (C=O) groups excluding carboxylic acids is 2. The molecule has 9 nitrogen and oxygen atoms in total. The summed E-state index contributed by atoms with van der Waals surface area (Å²) in [5.41, 5.74) is 1.20. The number of carbonyl (C=O) groups is 2. The first-order chi connectivity index (χ1) is 19.1. The molecule has 0 bridgehead atoms. The number of fused-ring (bicyclic) bond motifs is 1. The summed E-state index contributed by atoms with van der Waals surface area (Å²) in [6.45, 7) is 8.74. The second kappa shape index (κ2) is 10.9. The maximum absolute atomic E-state index is 13.6.